The Balaban J connectivity index is 2.61. The van der Waals surface area contributed by atoms with Crippen molar-refractivity contribution < 1.29 is 19.4 Å². The highest BCUT2D eigenvalue weighted by atomic mass is 16.5. The smallest absolute Gasteiger partial charge is 0.377 e. The Morgan fingerprint density at radius 3 is 2.36 bits per heavy atom. The van der Waals surface area contributed by atoms with Gasteiger partial charge in [0.1, 0.15) is 5.60 Å². The van der Waals surface area contributed by atoms with E-state index < -0.39 is 17.4 Å². The van der Waals surface area contributed by atoms with E-state index in [2.05, 4.69) is 4.74 Å². The minimum absolute atomic E-state index is 0.167. The number of ether oxygens (including phenoxy) is 1. The van der Waals surface area contributed by atoms with Crippen LogP contribution in [-0.4, -0.2) is 29.1 Å². The second kappa shape index (κ2) is 4.55. The summed E-state index contributed by atoms with van der Waals surface area (Å²) in [5.74, 6) is -1.68. The molecule has 1 N–H and O–H groups in total. The largest absolute Gasteiger partial charge is 0.460 e. The first-order valence-electron chi connectivity index (χ1n) is 5.04. The van der Waals surface area contributed by atoms with Crippen molar-refractivity contribution in [3.8, 4) is 0 Å². The van der Waals surface area contributed by atoms with Crippen molar-refractivity contribution in [2.75, 3.05) is 6.61 Å². The summed E-state index contributed by atoms with van der Waals surface area (Å²) in [5.41, 5.74) is -1.45. The Kier molecular flexibility index (Phi) is 3.63. The van der Waals surface area contributed by atoms with Gasteiger partial charge in [-0.05, 0) is 19.8 Å². The third kappa shape index (κ3) is 2.32. The molecule has 0 aromatic heterocycles. The van der Waals surface area contributed by atoms with Gasteiger partial charge in [-0.1, -0.05) is 19.3 Å². The first-order chi connectivity index (χ1) is 6.60. The molecule has 0 atom stereocenters. The fraction of sp³-hybridized carbons (Fsp3) is 0.800. The first-order valence-corrected chi connectivity index (χ1v) is 5.04. The zero-order chi connectivity index (χ0) is 10.6. The van der Waals surface area contributed by atoms with E-state index in [0.717, 1.165) is 19.3 Å². The fourth-order valence-corrected chi connectivity index (χ4v) is 1.75. The molecule has 0 bridgehead atoms. The molecule has 0 amide bonds. The summed E-state index contributed by atoms with van der Waals surface area (Å²) in [5, 5.41) is 9.89. The van der Waals surface area contributed by atoms with Crippen molar-refractivity contribution in [1.29, 1.82) is 0 Å². The minimum atomic E-state index is -1.45. The number of ketones is 1. The van der Waals surface area contributed by atoms with Crippen LogP contribution in [0.1, 0.15) is 39.0 Å². The maximum Gasteiger partial charge on any atom is 0.377 e. The lowest BCUT2D eigenvalue weighted by Crippen LogP contribution is -2.45. The average Bonchev–Trinajstić information content (AvgIpc) is 2.18. The molecular weight excluding hydrogens is 184 g/mol. The Labute approximate surface area is 83.2 Å². The van der Waals surface area contributed by atoms with E-state index in [-0.39, 0.29) is 6.61 Å². The molecule has 4 heteroatoms. The van der Waals surface area contributed by atoms with Crippen LogP contribution in [-0.2, 0) is 14.3 Å². The number of carbonyl (C=O) groups excluding carboxylic acids is 2. The van der Waals surface area contributed by atoms with Crippen LogP contribution in [0.5, 0.6) is 0 Å². The third-order valence-electron chi connectivity index (χ3n) is 2.56. The molecule has 14 heavy (non-hydrogen) atoms. The predicted octanol–water partition coefficient (Wildman–Crippen LogP) is 0.814. The Hall–Kier alpha value is -0.900. The van der Waals surface area contributed by atoms with Gasteiger partial charge in [0, 0.05) is 0 Å². The van der Waals surface area contributed by atoms with Crippen molar-refractivity contribution in [3.63, 3.8) is 0 Å². The van der Waals surface area contributed by atoms with Crippen molar-refractivity contribution in [3.05, 3.63) is 0 Å². The second-order valence-corrected chi connectivity index (χ2v) is 3.64. The lowest BCUT2D eigenvalue weighted by atomic mass is 9.82. The Morgan fingerprint density at radius 1 is 1.29 bits per heavy atom. The molecule has 0 spiro atoms. The van der Waals surface area contributed by atoms with Gasteiger partial charge in [-0.15, -0.1) is 0 Å². The Morgan fingerprint density at radius 2 is 1.86 bits per heavy atom. The molecule has 1 fully saturated rings. The quantitative estimate of drug-likeness (QED) is 0.541. The van der Waals surface area contributed by atoms with Crippen LogP contribution in [0.25, 0.3) is 0 Å². The van der Waals surface area contributed by atoms with Crippen LogP contribution in [0, 0.1) is 0 Å². The summed E-state index contributed by atoms with van der Waals surface area (Å²) in [6, 6.07) is 0. The number of rotatable bonds is 3. The number of aliphatic hydroxyl groups is 1. The van der Waals surface area contributed by atoms with Gasteiger partial charge in [-0.3, -0.25) is 4.79 Å². The average molecular weight is 200 g/mol. The van der Waals surface area contributed by atoms with E-state index in [0.29, 0.717) is 12.8 Å². The van der Waals surface area contributed by atoms with Crippen molar-refractivity contribution >= 4 is 11.8 Å². The molecule has 0 saturated heterocycles. The lowest BCUT2D eigenvalue weighted by Gasteiger charge is -2.29. The molecule has 4 nitrogen and oxygen atoms in total. The predicted molar refractivity (Wildman–Crippen MR) is 49.7 cm³/mol. The molecule has 0 aliphatic heterocycles. The molecule has 0 radical (unpaired) electrons. The number of carbonyl (C=O) groups is 2. The van der Waals surface area contributed by atoms with E-state index in [4.69, 9.17) is 0 Å². The van der Waals surface area contributed by atoms with Crippen molar-refractivity contribution in [2.24, 2.45) is 0 Å². The number of hydrogen-bond acceptors (Lipinski definition) is 4. The monoisotopic (exact) mass is 200 g/mol. The van der Waals surface area contributed by atoms with E-state index >= 15 is 0 Å². The van der Waals surface area contributed by atoms with Crippen molar-refractivity contribution in [1.82, 2.24) is 0 Å². The normalized spacial score (nSPS) is 20.1. The molecule has 1 rings (SSSR count). The summed E-state index contributed by atoms with van der Waals surface area (Å²) < 4.78 is 4.57. The summed E-state index contributed by atoms with van der Waals surface area (Å²) >= 11 is 0. The van der Waals surface area contributed by atoms with Gasteiger partial charge in [0.05, 0.1) is 6.61 Å². The molecule has 0 aromatic carbocycles. The maximum atomic E-state index is 11.5. The van der Waals surface area contributed by atoms with Gasteiger partial charge in [0.25, 0.3) is 5.78 Å². The first kappa shape index (κ1) is 11.2. The SMILES string of the molecule is CCOC(=O)C(=O)C1(O)CCCCC1. The highest BCUT2D eigenvalue weighted by molar-refractivity contribution is 6.36. The summed E-state index contributed by atoms with van der Waals surface area (Å²) in [7, 11) is 0. The highest BCUT2D eigenvalue weighted by Crippen LogP contribution is 2.29. The van der Waals surface area contributed by atoms with Gasteiger partial charge < -0.3 is 9.84 Å². The van der Waals surface area contributed by atoms with Crippen molar-refractivity contribution in [2.45, 2.75) is 44.6 Å². The zero-order valence-electron chi connectivity index (χ0n) is 8.41. The fourth-order valence-electron chi connectivity index (χ4n) is 1.75. The van der Waals surface area contributed by atoms with Crippen LogP contribution >= 0.6 is 0 Å². The zero-order valence-corrected chi connectivity index (χ0v) is 8.41. The van der Waals surface area contributed by atoms with Gasteiger partial charge in [0.15, 0.2) is 0 Å². The number of esters is 1. The van der Waals surface area contributed by atoms with E-state index in [9.17, 15) is 14.7 Å². The molecule has 80 valence electrons. The summed E-state index contributed by atoms with van der Waals surface area (Å²) in [4.78, 5) is 22.6. The van der Waals surface area contributed by atoms with Crippen LogP contribution in [0.4, 0.5) is 0 Å². The topological polar surface area (TPSA) is 63.6 Å². The van der Waals surface area contributed by atoms with Gasteiger partial charge in [0.2, 0.25) is 0 Å². The number of hydrogen-bond donors (Lipinski definition) is 1. The molecular formula is C10H16O4. The Bertz CT molecular complexity index is 228. The lowest BCUT2D eigenvalue weighted by molar-refractivity contribution is -0.164. The summed E-state index contributed by atoms with van der Waals surface area (Å²) in [6.45, 7) is 1.80. The highest BCUT2D eigenvalue weighted by Gasteiger charge is 2.41. The van der Waals surface area contributed by atoms with Crippen LogP contribution in [0.3, 0.4) is 0 Å². The summed E-state index contributed by atoms with van der Waals surface area (Å²) in [6.07, 6.45) is 3.36. The van der Waals surface area contributed by atoms with Crippen LogP contribution < -0.4 is 0 Å². The van der Waals surface area contributed by atoms with E-state index in [1.807, 2.05) is 0 Å². The van der Waals surface area contributed by atoms with Gasteiger partial charge >= 0.3 is 5.97 Å². The van der Waals surface area contributed by atoms with Crippen LogP contribution in [0.2, 0.25) is 0 Å². The van der Waals surface area contributed by atoms with E-state index in [1.54, 1.807) is 6.92 Å². The molecule has 0 aromatic rings. The molecule has 1 aliphatic rings. The van der Waals surface area contributed by atoms with Gasteiger partial charge in [-0.25, -0.2) is 4.79 Å². The molecule has 1 aliphatic carbocycles. The van der Waals surface area contributed by atoms with E-state index in [1.165, 1.54) is 0 Å². The number of Topliss-reactive ketones (excluding diaryl/α,β-unsaturated/α-hetero) is 1. The standard InChI is InChI=1S/C10H16O4/c1-2-14-9(12)8(11)10(13)6-4-3-5-7-10/h13H,2-7H2,1H3. The minimum Gasteiger partial charge on any atom is -0.460 e. The third-order valence-corrected chi connectivity index (χ3v) is 2.56. The molecule has 1 saturated carbocycles. The molecule has 0 heterocycles. The van der Waals surface area contributed by atoms with Crippen LogP contribution in [0.15, 0.2) is 0 Å². The molecule has 0 unspecified atom stereocenters. The maximum absolute atomic E-state index is 11.5. The second-order valence-electron chi connectivity index (χ2n) is 3.64. The van der Waals surface area contributed by atoms with Gasteiger partial charge in [-0.2, -0.15) is 0 Å².